The SMILES string of the molecule is CC/C=C\C/C=C\C/C=C\C/C=C\C/C=C\CCCCC(CC)C(=O)O.N. The second kappa shape index (κ2) is 22.2. The molecule has 0 saturated heterocycles. The molecule has 0 amide bonds. The van der Waals surface area contributed by atoms with Crippen LogP contribution in [0.2, 0.25) is 0 Å². The highest BCUT2D eigenvalue weighted by atomic mass is 16.4. The zero-order valence-corrected chi connectivity index (χ0v) is 17.5. The van der Waals surface area contributed by atoms with Crippen LogP contribution >= 0.6 is 0 Å². The molecule has 0 aromatic heterocycles. The van der Waals surface area contributed by atoms with Gasteiger partial charge in [0.2, 0.25) is 0 Å². The first-order valence-electron chi connectivity index (χ1n) is 10.2. The third-order valence-electron chi connectivity index (χ3n) is 4.17. The van der Waals surface area contributed by atoms with Gasteiger partial charge in [-0.2, -0.15) is 0 Å². The van der Waals surface area contributed by atoms with Crippen LogP contribution in [0.25, 0.3) is 0 Å². The lowest BCUT2D eigenvalue weighted by Crippen LogP contribution is -2.12. The normalized spacial score (nSPS) is 13.4. The minimum Gasteiger partial charge on any atom is -0.481 e. The molecule has 0 saturated carbocycles. The summed E-state index contributed by atoms with van der Waals surface area (Å²) in [6.45, 7) is 4.10. The summed E-state index contributed by atoms with van der Waals surface area (Å²) in [6.07, 6.45) is 31.8. The zero-order chi connectivity index (χ0) is 19.3. The number of carbonyl (C=O) groups is 1. The summed E-state index contributed by atoms with van der Waals surface area (Å²) < 4.78 is 0. The van der Waals surface area contributed by atoms with Gasteiger partial charge in [-0.3, -0.25) is 4.79 Å². The molecule has 0 aliphatic rings. The van der Waals surface area contributed by atoms with Gasteiger partial charge in [-0.15, -0.1) is 0 Å². The molecule has 0 bridgehead atoms. The van der Waals surface area contributed by atoms with E-state index in [1.807, 2.05) is 6.92 Å². The fourth-order valence-electron chi connectivity index (χ4n) is 2.52. The van der Waals surface area contributed by atoms with Crippen molar-refractivity contribution in [1.29, 1.82) is 0 Å². The summed E-state index contributed by atoms with van der Waals surface area (Å²) >= 11 is 0. The van der Waals surface area contributed by atoms with E-state index >= 15 is 0 Å². The van der Waals surface area contributed by atoms with Gasteiger partial charge in [-0.1, -0.05) is 81.0 Å². The molecule has 0 aliphatic carbocycles. The number of carboxylic acid groups (broad SMARTS) is 1. The van der Waals surface area contributed by atoms with Crippen molar-refractivity contribution in [3.8, 4) is 0 Å². The Balaban J connectivity index is 0. The molecule has 1 unspecified atom stereocenters. The summed E-state index contributed by atoms with van der Waals surface area (Å²) in [4.78, 5) is 10.9. The molecule has 4 N–H and O–H groups in total. The van der Waals surface area contributed by atoms with Crippen LogP contribution in [0.3, 0.4) is 0 Å². The quantitative estimate of drug-likeness (QED) is 0.216. The van der Waals surface area contributed by atoms with E-state index in [1.165, 1.54) is 0 Å². The van der Waals surface area contributed by atoms with Gasteiger partial charge < -0.3 is 11.3 Å². The third kappa shape index (κ3) is 20.3. The zero-order valence-electron chi connectivity index (χ0n) is 17.5. The third-order valence-corrected chi connectivity index (χ3v) is 4.17. The van der Waals surface area contributed by atoms with Crippen LogP contribution in [0.15, 0.2) is 60.8 Å². The average Bonchev–Trinajstić information content (AvgIpc) is 2.63. The summed E-state index contributed by atoms with van der Waals surface area (Å²) in [5, 5.41) is 8.98. The lowest BCUT2D eigenvalue weighted by molar-refractivity contribution is -0.142. The van der Waals surface area contributed by atoms with Gasteiger partial charge in [0.25, 0.3) is 0 Å². The second-order valence-electron chi connectivity index (χ2n) is 6.44. The van der Waals surface area contributed by atoms with Gasteiger partial charge in [-0.25, -0.2) is 0 Å². The van der Waals surface area contributed by atoms with Crippen molar-refractivity contribution in [1.82, 2.24) is 6.15 Å². The lowest BCUT2D eigenvalue weighted by atomic mass is 9.99. The Hall–Kier alpha value is -1.87. The minimum atomic E-state index is -0.651. The Morgan fingerprint density at radius 2 is 1.19 bits per heavy atom. The molecule has 154 valence electrons. The fraction of sp³-hybridized carbons (Fsp3) is 0.542. The topological polar surface area (TPSA) is 72.3 Å². The molecule has 0 rings (SSSR count). The predicted octanol–water partition coefficient (Wildman–Crippen LogP) is 7.57. The van der Waals surface area contributed by atoms with Gasteiger partial charge in [-0.05, 0) is 57.8 Å². The van der Waals surface area contributed by atoms with Crippen molar-refractivity contribution in [2.45, 2.75) is 78.1 Å². The standard InChI is InChI=1S/C24H38O2.H3N/c1-3-5-6-7-8-9-10-11-12-13-14-15-16-17-18-19-20-21-22-23(4-2)24(25)26;/h5-6,8-9,11-12,14-15,17-18,23H,3-4,7,10,13,16,19-22H2,1-2H3,(H,25,26);1H3/b6-5-,9-8-,12-11-,15-14-,18-17-;. The lowest BCUT2D eigenvalue weighted by Gasteiger charge is -2.07. The number of aliphatic carboxylic acids is 1. The minimum absolute atomic E-state index is 0. The fourth-order valence-corrected chi connectivity index (χ4v) is 2.52. The van der Waals surface area contributed by atoms with Crippen molar-refractivity contribution in [3.63, 3.8) is 0 Å². The van der Waals surface area contributed by atoms with E-state index in [-0.39, 0.29) is 12.1 Å². The highest BCUT2D eigenvalue weighted by Crippen LogP contribution is 2.13. The smallest absolute Gasteiger partial charge is 0.306 e. The van der Waals surface area contributed by atoms with Gasteiger partial charge in [0.15, 0.2) is 0 Å². The average molecular weight is 376 g/mol. The van der Waals surface area contributed by atoms with Crippen molar-refractivity contribution >= 4 is 5.97 Å². The number of allylic oxidation sites excluding steroid dienone is 10. The summed E-state index contributed by atoms with van der Waals surface area (Å²) in [5.74, 6) is -0.814. The molecule has 27 heavy (non-hydrogen) atoms. The van der Waals surface area contributed by atoms with E-state index in [0.717, 1.165) is 64.2 Å². The largest absolute Gasteiger partial charge is 0.481 e. The van der Waals surface area contributed by atoms with E-state index in [2.05, 4.69) is 67.7 Å². The molecule has 1 atom stereocenters. The van der Waals surface area contributed by atoms with Crippen molar-refractivity contribution < 1.29 is 9.90 Å². The van der Waals surface area contributed by atoms with Gasteiger partial charge in [0, 0.05) is 0 Å². The molecular formula is C24H41NO2. The van der Waals surface area contributed by atoms with Crippen LogP contribution in [0.1, 0.15) is 78.1 Å². The van der Waals surface area contributed by atoms with Crippen molar-refractivity contribution in [3.05, 3.63) is 60.8 Å². The maximum atomic E-state index is 10.9. The maximum absolute atomic E-state index is 10.9. The van der Waals surface area contributed by atoms with E-state index in [9.17, 15) is 4.79 Å². The Bertz CT molecular complexity index is 473. The molecule has 0 fully saturated rings. The molecule has 0 spiro atoms. The Morgan fingerprint density at radius 3 is 1.59 bits per heavy atom. The van der Waals surface area contributed by atoms with Crippen molar-refractivity contribution in [2.24, 2.45) is 5.92 Å². The van der Waals surface area contributed by atoms with E-state index in [4.69, 9.17) is 5.11 Å². The van der Waals surface area contributed by atoms with Gasteiger partial charge in [0.05, 0.1) is 5.92 Å². The summed E-state index contributed by atoms with van der Waals surface area (Å²) in [6, 6.07) is 0. The first kappa shape index (κ1) is 27.3. The molecule has 0 aliphatic heterocycles. The van der Waals surface area contributed by atoms with Crippen LogP contribution in [-0.4, -0.2) is 11.1 Å². The monoisotopic (exact) mass is 375 g/mol. The second-order valence-corrected chi connectivity index (χ2v) is 6.44. The van der Waals surface area contributed by atoms with Crippen LogP contribution in [0.5, 0.6) is 0 Å². The Morgan fingerprint density at radius 1 is 0.741 bits per heavy atom. The summed E-state index contributed by atoms with van der Waals surface area (Å²) in [5.41, 5.74) is 0. The molecule has 0 aromatic rings. The molecule has 0 aromatic carbocycles. The predicted molar refractivity (Wildman–Crippen MR) is 119 cm³/mol. The molecule has 3 nitrogen and oxygen atoms in total. The van der Waals surface area contributed by atoms with Crippen molar-refractivity contribution in [2.75, 3.05) is 0 Å². The summed E-state index contributed by atoms with van der Waals surface area (Å²) in [7, 11) is 0. The molecule has 0 radical (unpaired) electrons. The maximum Gasteiger partial charge on any atom is 0.306 e. The first-order valence-corrected chi connectivity index (χ1v) is 10.2. The van der Waals surface area contributed by atoms with Gasteiger partial charge >= 0.3 is 5.97 Å². The van der Waals surface area contributed by atoms with E-state index in [1.54, 1.807) is 0 Å². The Kier molecular flexibility index (Phi) is 22.5. The highest BCUT2D eigenvalue weighted by molar-refractivity contribution is 5.69. The molecule has 0 heterocycles. The number of unbranched alkanes of at least 4 members (excludes halogenated alkanes) is 2. The first-order chi connectivity index (χ1) is 12.7. The van der Waals surface area contributed by atoms with Crippen LogP contribution < -0.4 is 6.15 Å². The van der Waals surface area contributed by atoms with Crippen LogP contribution in [-0.2, 0) is 4.79 Å². The number of carboxylic acids is 1. The van der Waals surface area contributed by atoms with Crippen LogP contribution in [0, 0.1) is 5.92 Å². The highest BCUT2D eigenvalue weighted by Gasteiger charge is 2.13. The molecule has 3 heteroatoms. The van der Waals surface area contributed by atoms with E-state index < -0.39 is 5.97 Å². The van der Waals surface area contributed by atoms with Crippen LogP contribution in [0.4, 0.5) is 0 Å². The van der Waals surface area contributed by atoms with Gasteiger partial charge in [0.1, 0.15) is 0 Å². The number of hydrogen-bond acceptors (Lipinski definition) is 2. The number of hydrogen-bond donors (Lipinski definition) is 2. The van der Waals surface area contributed by atoms with E-state index in [0.29, 0.717) is 0 Å². The Labute approximate surface area is 167 Å². The number of rotatable bonds is 16. The molecular weight excluding hydrogens is 334 g/mol.